The van der Waals surface area contributed by atoms with Crippen molar-refractivity contribution >= 4 is 12.0 Å². The number of allylic oxidation sites excluding steroid dienone is 2. The first kappa shape index (κ1) is 12.1. The molecule has 0 radical (unpaired) electrons. The molecule has 0 spiro atoms. The molecule has 1 aliphatic rings. The van der Waals surface area contributed by atoms with Gasteiger partial charge in [0.05, 0.1) is 18.8 Å². The number of Topliss-reactive ketones (excluding diaryl/α,β-unsaturated/α-hetero) is 1. The number of rotatable bonds is 4. The number of ketones is 1. The third kappa shape index (κ3) is 2.85. The first-order chi connectivity index (χ1) is 8.81. The van der Waals surface area contributed by atoms with E-state index in [2.05, 4.69) is 5.16 Å². The molecule has 0 bridgehead atoms. The van der Waals surface area contributed by atoms with Crippen LogP contribution in [0.4, 0.5) is 0 Å². The molecule has 0 fully saturated rings. The first-order valence-electron chi connectivity index (χ1n) is 5.68. The largest absolute Gasteiger partial charge is 0.411 e. The number of carbonyl (C=O) groups is 1. The Bertz CT molecular complexity index is 492. The minimum absolute atomic E-state index is 0.0342. The lowest BCUT2D eigenvalue weighted by atomic mass is 10.1. The molecule has 1 unspecified atom stereocenters. The Labute approximate surface area is 106 Å². The monoisotopic (exact) mass is 242 g/mol. The van der Waals surface area contributed by atoms with Crippen molar-refractivity contribution in [2.24, 2.45) is 5.16 Å². The molecule has 0 amide bonds. The van der Waals surface area contributed by atoms with Crippen LogP contribution in [-0.2, 0) is 0 Å². The van der Waals surface area contributed by atoms with E-state index in [-0.39, 0.29) is 18.4 Å². The zero-order valence-corrected chi connectivity index (χ0v) is 9.81. The summed E-state index contributed by atoms with van der Waals surface area (Å²) >= 11 is 0. The van der Waals surface area contributed by atoms with Gasteiger partial charge in [0.15, 0.2) is 5.78 Å². The van der Waals surface area contributed by atoms with Crippen LogP contribution in [0.15, 0.2) is 59.9 Å². The fourth-order valence-electron chi connectivity index (χ4n) is 1.79. The smallest absolute Gasteiger partial charge is 0.182 e. The molecule has 0 saturated carbocycles. The minimum atomic E-state index is -0.187. The van der Waals surface area contributed by atoms with Gasteiger partial charge in [0.2, 0.25) is 0 Å². The molecule has 0 aromatic heterocycles. The summed E-state index contributed by atoms with van der Waals surface area (Å²) in [6, 6.07) is 8.95. The molecule has 4 heteroatoms. The van der Waals surface area contributed by atoms with Crippen molar-refractivity contribution in [1.29, 1.82) is 0 Å². The van der Waals surface area contributed by atoms with E-state index in [9.17, 15) is 4.79 Å². The van der Waals surface area contributed by atoms with Gasteiger partial charge >= 0.3 is 0 Å². The third-order valence-electron chi connectivity index (χ3n) is 2.72. The Morgan fingerprint density at radius 3 is 2.83 bits per heavy atom. The van der Waals surface area contributed by atoms with E-state index < -0.39 is 0 Å². The number of benzene rings is 1. The van der Waals surface area contributed by atoms with Crippen molar-refractivity contribution in [3.63, 3.8) is 0 Å². The van der Waals surface area contributed by atoms with Crippen molar-refractivity contribution in [1.82, 2.24) is 4.90 Å². The van der Waals surface area contributed by atoms with Crippen molar-refractivity contribution in [2.45, 2.75) is 6.04 Å². The van der Waals surface area contributed by atoms with E-state index in [0.29, 0.717) is 5.56 Å². The molecule has 1 atom stereocenters. The van der Waals surface area contributed by atoms with Gasteiger partial charge in [0, 0.05) is 11.8 Å². The van der Waals surface area contributed by atoms with Gasteiger partial charge in [-0.3, -0.25) is 4.79 Å². The molecule has 0 aliphatic carbocycles. The number of nitrogens with zero attached hydrogens (tertiary/aromatic N) is 2. The average molecular weight is 242 g/mol. The number of hydrogen-bond donors (Lipinski definition) is 1. The maximum atomic E-state index is 12.1. The van der Waals surface area contributed by atoms with Crippen LogP contribution in [0.3, 0.4) is 0 Å². The molecule has 0 saturated heterocycles. The topological polar surface area (TPSA) is 52.9 Å². The van der Waals surface area contributed by atoms with E-state index >= 15 is 0 Å². The summed E-state index contributed by atoms with van der Waals surface area (Å²) in [5.41, 5.74) is 0.681. The zero-order valence-electron chi connectivity index (χ0n) is 9.81. The molecule has 1 heterocycles. The maximum absolute atomic E-state index is 12.1. The molecule has 1 aromatic carbocycles. The summed E-state index contributed by atoms with van der Waals surface area (Å²) in [6.45, 7) is 0.252. The van der Waals surface area contributed by atoms with Gasteiger partial charge in [0.1, 0.15) is 0 Å². The fraction of sp³-hybridized carbons (Fsp3) is 0.143. The van der Waals surface area contributed by atoms with Crippen molar-refractivity contribution < 1.29 is 10.0 Å². The Kier molecular flexibility index (Phi) is 3.91. The third-order valence-corrected chi connectivity index (χ3v) is 2.72. The molecule has 4 nitrogen and oxygen atoms in total. The van der Waals surface area contributed by atoms with Crippen LogP contribution in [-0.4, -0.2) is 34.7 Å². The average Bonchev–Trinajstić information content (AvgIpc) is 2.42. The van der Waals surface area contributed by atoms with Crippen LogP contribution in [0.1, 0.15) is 10.4 Å². The standard InChI is InChI=1S/C14H14N2O2/c17-14(12-6-2-1-3-7-12)11-16-9-5-4-8-13(16)10-15-18/h1-10,13,18H,11H2. The summed E-state index contributed by atoms with van der Waals surface area (Å²) in [5.74, 6) is 0.0342. The lowest BCUT2D eigenvalue weighted by molar-refractivity contribution is 0.0953. The fourth-order valence-corrected chi connectivity index (χ4v) is 1.79. The summed E-state index contributed by atoms with van der Waals surface area (Å²) in [6.07, 6.45) is 8.76. The van der Waals surface area contributed by atoms with Crippen LogP contribution in [0.2, 0.25) is 0 Å². The van der Waals surface area contributed by atoms with Crippen LogP contribution < -0.4 is 0 Å². The second-order valence-electron chi connectivity index (χ2n) is 3.94. The number of oxime groups is 1. The highest BCUT2D eigenvalue weighted by atomic mass is 16.4. The SMILES string of the molecule is O=C(CN1C=CC=CC1C=NO)c1ccccc1. The van der Waals surface area contributed by atoms with E-state index in [4.69, 9.17) is 5.21 Å². The molecule has 92 valence electrons. The highest BCUT2D eigenvalue weighted by Crippen LogP contribution is 2.09. The Hall–Kier alpha value is -2.36. The normalized spacial score (nSPS) is 18.4. The predicted octanol–water partition coefficient (Wildman–Crippen LogP) is 2.08. The van der Waals surface area contributed by atoms with E-state index in [0.717, 1.165) is 0 Å². The van der Waals surface area contributed by atoms with Gasteiger partial charge in [-0.1, -0.05) is 47.6 Å². The van der Waals surface area contributed by atoms with E-state index in [1.54, 1.807) is 12.1 Å². The summed E-state index contributed by atoms with van der Waals surface area (Å²) in [5, 5.41) is 11.6. The number of carbonyl (C=O) groups excluding carboxylic acids is 1. The molecule has 18 heavy (non-hydrogen) atoms. The van der Waals surface area contributed by atoms with E-state index in [1.165, 1.54) is 6.21 Å². The molecular formula is C14H14N2O2. The molecule has 1 aromatic rings. The van der Waals surface area contributed by atoms with Crippen molar-refractivity contribution in [3.8, 4) is 0 Å². The first-order valence-corrected chi connectivity index (χ1v) is 5.68. The van der Waals surface area contributed by atoms with Crippen LogP contribution in [0.5, 0.6) is 0 Å². The summed E-state index contributed by atoms with van der Waals surface area (Å²) in [4.78, 5) is 13.9. The lowest BCUT2D eigenvalue weighted by Gasteiger charge is -2.26. The highest BCUT2D eigenvalue weighted by Gasteiger charge is 2.16. The maximum Gasteiger partial charge on any atom is 0.182 e. The summed E-state index contributed by atoms with van der Waals surface area (Å²) in [7, 11) is 0. The van der Waals surface area contributed by atoms with Crippen molar-refractivity contribution in [3.05, 3.63) is 60.3 Å². The van der Waals surface area contributed by atoms with Gasteiger partial charge in [-0.2, -0.15) is 0 Å². The van der Waals surface area contributed by atoms with Gasteiger partial charge in [-0.05, 0) is 6.08 Å². The Balaban J connectivity index is 2.07. The van der Waals surface area contributed by atoms with Crippen LogP contribution in [0, 0.1) is 0 Å². The molecule has 1 aliphatic heterocycles. The minimum Gasteiger partial charge on any atom is -0.411 e. The van der Waals surface area contributed by atoms with Crippen molar-refractivity contribution in [2.75, 3.05) is 6.54 Å². The highest BCUT2D eigenvalue weighted by molar-refractivity contribution is 5.97. The second kappa shape index (κ2) is 5.82. The van der Waals surface area contributed by atoms with Gasteiger partial charge < -0.3 is 10.1 Å². The Morgan fingerprint density at radius 2 is 2.11 bits per heavy atom. The molecule has 2 rings (SSSR count). The van der Waals surface area contributed by atoms with Gasteiger partial charge in [0.25, 0.3) is 0 Å². The van der Waals surface area contributed by atoms with Crippen LogP contribution in [0.25, 0.3) is 0 Å². The zero-order chi connectivity index (χ0) is 12.8. The lowest BCUT2D eigenvalue weighted by Crippen LogP contribution is -2.36. The van der Waals surface area contributed by atoms with E-state index in [1.807, 2.05) is 47.5 Å². The molecule has 1 N–H and O–H groups in total. The van der Waals surface area contributed by atoms with Crippen LogP contribution >= 0.6 is 0 Å². The predicted molar refractivity (Wildman–Crippen MR) is 69.8 cm³/mol. The quantitative estimate of drug-likeness (QED) is 0.380. The van der Waals surface area contributed by atoms with Gasteiger partial charge in [-0.15, -0.1) is 0 Å². The number of hydrogen-bond acceptors (Lipinski definition) is 4. The summed E-state index contributed by atoms with van der Waals surface area (Å²) < 4.78 is 0. The molecular weight excluding hydrogens is 228 g/mol. The van der Waals surface area contributed by atoms with Gasteiger partial charge in [-0.25, -0.2) is 0 Å². The second-order valence-corrected chi connectivity index (χ2v) is 3.94. The Morgan fingerprint density at radius 1 is 1.33 bits per heavy atom.